The lowest BCUT2D eigenvalue weighted by molar-refractivity contribution is -0.148. The summed E-state index contributed by atoms with van der Waals surface area (Å²) in [6.07, 6.45) is 1.02. The molecule has 3 heterocycles. The van der Waals surface area contributed by atoms with Crippen molar-refractivity contribution in [2.24, 2.45) is 5.92 Å². The molecule has 5 rings (SSSR count). The van der Waals surface area contributed by atoms with Crippen molar-refractivity contribution >= 4 is 29.5 Å². The number of nitrogens with one attached hydrogen (secondary N) is 1. The molecule has 2 aliphatic rings. The summed E-state index contributed by atoms with van der Waals surface area (Å²) in [5.74, 6) is -2.53. The van der Waals surface area contributed by atoms with Crippen molar-refractivity contribution in [3.8, 4) is 11.3 Å². The number of anilines is 3. The third-order valence-electron chi connectivity index (χ3n) is 6.48. The Morgan fingerprint density at radius 1 is 1.05 bits per heavy atom. The molecule has 0 radical (unpaired) electrons. The molecule has 192 valence electrons. The molecule has 0 atom stereocenters. The van der Waals surface area contributed by atoms with Crippen LogP contribution in [0, 0.1) is 23.4 Å². The van der Waals surface area contributed by atoms with Crippen LogP contribution in [0.3, 0.4) is 0 Å². The van der Waals surface area contributed by atoms with Crippen molar-refractivity contribution in [1.29, 1.82) is 0 Å². The van der Waals surface area contributed by atoms with E-state index in [1.165, 1.54) is 18.2 Å². The van der Waals surface area contributed by atoms with Crippen molar-refractivity contribution < 1.29 is 27.5 Å². The van der Waals surface area contributed by atoms with Gasteiger partial charge in [-0.1, -0.05) is 6.07 Å². The number of hydrogen-bond acceptors (Lipinski definition) is 6. The molecule has 1 aromatic heterocycles. The van der Waals surface area contributed by atoms with E-state index >= 15 is 0 Å². The van der Waals surface area contributed by atoms with E-state index < -0.39 is 29.2 Å². The van der Waals surface area contributed by atoms with Crippen LogP contribution in [0.2, 0.25) is 0 Å². The van der Waals surface area contributed by atoms with Crippen LogP contribution in [0.5, 0.6) is 0 Å². The van der Waals surface area contributed by atoms with Crippen molar-refractivity contribution in [2.75, 3.05) is 29.5 Å². The lowest BCUT2D eigenvalue weighted by Crippen LogP contribution is -2.44. The summed E-state index contributed by atoms with van der Waals surface area (Å²) in [6.45, 7) is 2.94. The van der Waals surface area contributed by atoms with Crippen molar-refractivity contribution in [3.63, 3.8) is 0 Å². The van der Waals surface area contributed by atoms with Crippen LogP contribution in [0.15, 0.2) is 42.5 Å². The van der Waals surface area contributed by atoms with Gasteiger partial charge < -0.3 is 15.0 Å². The van der Waals surface area contributed by atoms with Crippen molar-refractivity contribution in [3.05, 3.63) is 65.5 Å². The van der Waals surface area contributed by atoms with Crippen LogP contribution in [-0.4, -0.2) is 41.7 Å². The van der Waals surface area contributed by atoms with Crippen LogP contribution in [-0.2, 0) is 16.1 Å². The van der Waals surface area contributed by atoms with Crippen LogP contribution >= 0.6 is 0 Å². The number of aromatic nitrogens is 2. The Balaban J connectivity index is 1.61. The van der Waals surface area contributed by atoms with Gasteiger partial charge in [0.05, 0.1) is 24.8 Å². The van der Waals surface area contributed by atoms with Gasteiger partial charge in [-0.2, -0.15) is 4.98 Å². The number of rotatable bonds is 5. The van der Waals surface area contributed by atoms with Crippen LogP contribution in [0.1, 0.15) is 25.3 Å². The minimum atomic E-state index is -0.929. The van der Waals surface area contributed by atoms with Gasteiger partial charge in [0.25, 0.3) is 0 Å². The number of urea groups is 1. The maximum Gasteiger partial charge on any atom is 0.328 e. The van der Waals surface area contributed by atoms with Crippen LogP contribution in [0.4, 0.5) is 35.4 Å². The molecule has 0 aliphatic carbocycles. The van der Waals surface area contributed by atoms with Gasteiger partial charge in [-0.05, 0) is 56.2 Å². The quantitative estimate of drug-likeness (QED) is 0.500. The predicted molar refractivity (Wildman–Crippen MR) is 130 cm³/mol. The fourth-order valence-corrected chi connectivity index (χ4v) is 4.62. The summed E-state index contributed by atoms with van der Waals surface area (Å²) in [5.41, 5.74) is 0.817. The number of hydrogen-bond donors (Lipinski definition) is 1. The fraction of sp³-hybridized carbons (Fsp3) is 0.308. The van der Waals surface area contributed by atoms with E-state index in [-0.39, 0.29) is 30.2 Å². The lowest BCUT2D eigenvalue weighted by atomic mass is 9.97. The Morgan fingerprint density at radius 2 is 1.73 bits per heavy atom. The number of amides is 2. The summed E-state index contributed by atoms with van der Waals surface area (Å²) in [4.78, 5) is 37.1. The minimum Gasteiger partial charge on any atom is -0.466 e. The van der Waals surface area contributed by atoms with E-state index in [2.05, 4.69) is 10.3 Å². The number of fused-ring (bicyclic) bond motifs is 1. The first kappa shape index (κ1) is 24.5. The Labute approximate surface area is 211 Å². The van der Waals surface area contributed by atoms with E-state index in [0.29, 0.717) is 49.4 Å². The molecule has 37 heavy (non-hydrogen) atoms. The summed E-state index contributed by atoms with van der Waals surface area (Å²) in [6, 6.07) is 8.23. The number of esters is 1. The molecule has 3 aromatic rings. The number of carbonyl (C=O) groups is 2. The fourth-order valence-electron chi connectivity index (χ4n) is 4.62. The van der Waals surface area contributed by atoms with Gasteiger partial charge in [-0.25, -0.2) is 27.8 Å². The third-order valence-corrected chi connectivity index (χ3v) is 6.48. The van der Waals surface area contributed by atoms with E-state index in [0.717, 1.165) is 17.0 Å². The maximum absolute atomic E-state index is 14.8. The van der Waals surface area contributed by atoms with Gasteiger partial charge in [-0.3, -0.25) is 4.79 Å². The largest absolute Gasteiger partial charge is 0.466 e. The number of benzene rings is 2. The average molecular weight is 512 g/mol. The number of carbonyl (C=O) groups excluding carboxylic acids is 2. The SMILES string of the molecule is CCOC(=O)C1CCN(c2nc(-c3ccc(F)cc3)c3c(n2)N(c2c(F)cccc2F)C(=O)NC3)CC1. The molecule has 11 heteroatoms. The average Bonchev–Trinajstić information content (AvgIpc) is 2.90. The number of piperidine rings is 1. The van der Waals surface area contributed by atoms with E-state index in [1.807, 2.05) is 4.90 Å². The highest BCUT2D eigenvalue weighted by atomic mass is 19.1. The molecular formula is C26H24F3N5O3. The molecule has 2 amide bonds. The Hall–Kier alpha value is -4.15. The molecule has 2 aliphatic heterocycles. The van der Waals surface area contributed by atoms with Crippen molar-refractivity contribution in [2.45, 2.75) is 26.3 Å². The number of ether oxygens (including phenoxy) is 1. The molecule has 2 aromatic carbocycles. The van der Waals surface area contributed by atoms with Gasteiger partial charge in [-0.15, -0.1) is 0 Å². The zero-order valence-electron chi connectivity index (χ0n) is 20.0. The Morgan fingerprint density at radius 3 is 2.38 bits per heavy atom. The van der Waals surface area contributed by atoms with Gasteiger partial charge in [0, 0.05) is 24.2 Å². The van der Waals surface area contributed by atoms with E-state index in [1.54, 1.807) is 19.1 Å². The van der Waals surface area contributed by atoms with Gasteiger partial charge in [0.15, 0.2) is 5.82 Å². The lowest BCUT2D eigenvalue weighted by Gasteiger charge is -2.34. The second-order valence-electron chi connectivity index (χ2n) is 8.76. The topological polar surface area (TPSA) is 87.7 Å². The number of para-hydroxylation sites is 1. The summed E-state index contributed by atoms with van der Waals surface area (Å²) >= 11 is 0. The third kappa shape index (κ3) is 4.68. The standard InChI is InChI=1S/C26H24F3N5O3/c1-2-37-24(35)16-10-12-33(13-11-16)25-31-21(15-6-8-17(27)9-7-15)18-14-30-26(36)34(23(18)32-25)22-19(28)4-3-5-20(22)29/h3-9,16H,2,10-14H2,1H3,(H,30,36). The summed E-state index contributed by atoms with van der Waals surface area (Å²) < 4.78 is 48.4. The molecule has 1 N–H and O–H groups in total. The van der Waals surface area contributed by atoms with Crippen molar-refractivity contribution in [1.82, 2.24) is 15.3 Å². The second kappa shape index (κ2) is 10.1. The van der Waals surface area contributed by atoms with Gasteiger partial charge >= 0.3 is 12.0 Å². The minimum absolute atomic E-state index is 0.0126. The first-order valence-electron chi connectivity index (χ1n) is 12.0. The van der Waals surface area contributed by atoms with E-state index in [4.69, 9.17) is 9.72 Å². The first-order valence-corrected chi connectivity index (χ1v) is 12.0. The highest BCUT2D eigenvalue weighted by Crippen LogP contribution is 2.39. The van der Waals surface area contributed by atoms with Gasteiger partial charge in [0.1, 0.15) is 23.1 Å². The highest BCUT2D eigenvalue weighted by molar-refractivity contribution is 6.02. The molecule has 0 bridgehead atoms. The molecule has 0 spiro atoms. The van der Waals surface area contributed by atoms with Crippen LogP contribution < -0.4 is 15.1 Å². The predicted octanol–water partition coefficient (Wildman–Crippen LogP) is 4.70. The Bertz CT molecular complexity index is 1320. The zero-order chi connectivity index (χ0) is 26.1. The normalized spacial score (nSPS) is 15.8. The number of halogens is 3. The summed E-state index contributed by atoms with van der Waals surface area (Å²) in [5, 5.41) is 2.63. The second-order valence-corrected chi connectivity index (χ2v) is 8.76. The van der Waals surface area contributed by atoms with E-state index in [9.17, 15) is 22.8 Å². The smallest absolute Gasteiger partial charge is 0.328 e. The molecule has 1 fully saturated rings. The molecule has 0 unspecified atom stereocenters. The highest BCUT2D eigenvalue weighted by Gasteiger charge is 2.35. The summed E-state index contributed by atoms with van der Waals surface area (Å²) in [7, 11) is 0. The molecular weight excluding hydrogens is 487 g/mol. The zero-order valence-corrected chi connectivity index (χ0v) is 20.0. The van der Waals surface area contributed by atoms with Gasteiger partial charge in [0.2, 0.25) is 5.95 Å². The maximum atomic E-state index is 14.8. The molecule has 1 saturated heterocycles. The van der Waals surface area contributed by atoms with Crippen LogP contribution in [0.25, 0.3) is 11.3 Å². The number of nitrogens with zero attached hydrogens (tertiary/aromatic N) is 4. The molecule has 8 nitrogen and oxygen atoms in total. The Kier molecular flexibility index (Phi) is 6.68. The first-order chi connectivity index (χ1) is 17.9. The monoisotopic (exact) mass is 511 g/mol. The molecule has 0 saturated carbocycles.